The number of thioether (sulfide) groups is 1. The molecule has 2 heterocycles. The minimum Gasteiger partial charge on any atom is -0.497 e. The molecule has 0 unspecified atom stereocenters. The van der Waals surface area contributed by atoms with Crippen molar-refractivity contribution in [3.05, 3.63) is 59.8 Å². The Balaban J connectivity index is 2.01. The van der Waals surface area contributed by atoms with E-state index in [0.29, 0.717) is 11.5 Å². The zero-order valence-corrected chi connectivity index (χ0v) is 13.7. The number of hydrogen-bond acceptors (Lipinski definition) is 4. The predicted molar refractivity (Wildman–Crippen MR) is 92.1 cm³/mol. The van der Waals surface area contributed by atoms with Gasteiger partial charge in [-0.15, -0.1) is 11.8 Å². The number of carboxylic acid groups (broad SMARTS) is 1. The van der Waals surface area contributed by atoms with Gasteiger partial charge in [-0.1, -0.05) is 24.3 Å². The first-order valence-electron chi connectivity index (χ1n) is 7.41. The molecule has 1 aliphatic rings. The lowest BCUT2D eigenvalue weighted by molar-refractivity contribution is 0.0689. The molecule has 6 heteroatoms. The van der Waals surface area contributed by atoms with Gasteiger partial charge in [0.05, 0.1) is 18.5 Å². The molecule has 0 fully saturated rings. The summed E-state index contributed by atoms with van der Waals surface area (Å²) in [7, 11) is 1.60. The number of hydrogen-bond donors (Lipinski definition) is 1. The molecule has 0 atom stereocenters. The highest BCUT2D eigenvalue weighted by molar-refractivity contribution is 7.98. The van der Waals surface area contributed by atoms with Crippen LogP contribution in [0.25, 0.3) is 16.9 Å². The van der Waals surface area contributed by atoms with Crippen LogP contribution in [-0.2, 0) is 5.75 Å². The maximum Gasteiger partial charge on any atom is 0.356 e. The van der Waals surface area contributed by atoms with E-state index in [4.69, 9.17) is 4.74 Å². The highest BCUT2D eigenvalue weighted by atomic mass is 32.2. The third-order valence-corrected chi connectivity index (χ3v) is 5.10. The molecule has 5 nitrogen and oxygen atoms in total. The second-order valence-corrected chi connectivity index (χ2v) is 6.40. The summed E-state index contributed by atoms with van der Waals surface area (Å²) >= 11 is 1.64. The van der Waals surface area contributed by atoms with E-state index in [1.54, 1.807) is 23.6 Å². The van der Waals surface area contributed by atoms with Crippen LogP contribution in [0.2, 0.25) is 0 Å². The molecule has 0 saturated carbocycles. The second-order valence-electron chi connectivity index (χ2n) is 5.38. The Morgan fingerprint density at radius 1 is 1.25 bits per heavy atom. The SMILES string of the molecule is COc1cccc(-n2nc(C(=O)O)c3c2-c2ccccc2SC3)c1. The van der Waals surface area contributed by atoms with Gasteiger partial charge in [-0.05, 0) is 18.2 Å². The molecular formula is C18H14N2O3S. The van der Waals surface area contributed by atoms with Gasteiger partial charge in [-0.3, -0.25) is 0 Å². The van der Waals surface area contributed by atoms with Crippen LogP contribution in [0.3, 0.4) is 0 Å². The predicted octanol–water partition coefficient (Wildman–Crippen LogP) is 3.85. The van der Waals surface area contributed by atoms with Crippen molar-refractivity contribution in [2.75, 3.05) is 7.11 Å². The Morgan fingerprint density at radius 2 is 2.08 bits per heavy atom. The Kier molecular flexibility index (Phi) is 3.54. The van der Waals surface area contributed by atoms with E-state index in [1.807, 2.05) is 48.5 Å². The van der Waals surface area contributed by atoms with Gasteiger partial charge in [0.25, 0.3) is 0 Å². The largest absolute Gasteiger partial charge is 0.497 e. The average molecular weight is 338 g/mol. The van der Waals surface area contributed by atoms with Crippen LogP contribution in [0, 0.1) is 0 Å². The fraction of sp³-hybridized carbons (Fsp3) is 0.111. The van der Waals surface area contributed by atoms with Gasteiger partial charge in [0.2, 0.25) is 0 Å². The molecule has 1 N–H and O–H groups in total. The summed E-state index contributed by atoms with van der Waals surface area (Å²) in [6, 6.07) is 15.5. The Bertz CT molecular complexity index is 949. The number of methoxy groups -OCH3 is 1. The fourth-order valence-electron chi connectivity index (χ4n) is 2.90. The molecule has 0 saturated heterocycles. The van der Waals surface area contributed by atoms with E-state index >= 15 is 0 Å². The van der Waals surface area contributed by atoms with Crippen molar-refractivity contribution in [1.82, 2.24) is 9.78 Å². The molecule has 0 bridgehead atoms. The monoisotopic (exact) mass is 338 g/mol. The van der Waals surface area contributed by atoms with E-state index in [2.05, 4.69) is 5.10 Å². The summed E-state index contributed by atoms with van der Waals surface area (Å²) in [5.41, 5.74) is 3.49. The number of aromatic nitrogens is 2. The number of carbonyl (C=O) groups is 1. The number of aromatic carboxylic acids is 1. The molecule has 3 aromatic rings. The Hall–Kier alpha value is -2.73. The Morgan fingerprint density at radius 3 is 2.88 bits per heavy atom. The highest BCUT2D eigenvalue weighted by Crippen LogP contribution is 2.43. The van der Waals surface area contributed by atoms with Gasteiger partial charge in [0.15, 0.2) is 5.69 Å². The summed E-state index contributed by atoms with van der Waals surface area (Å²) in [6.45, 7) is 0. The standard InChI is InChI=1S/C18H14N2O3S/c1-23-12-6-4-5-11(9-12)20-17-13-7-2-3-8-15(13)24-10-14(17)16(19-20)18(21)22/h2-9H,10H2,1H3,(H,21,22). The van der Waals surface area contributed by atoms with Crippen LogP contribution in [0.1, 0.15) is 16.1 Å². The zero-order chi connectivity index (χ0) is 16.7. The number of ether oxygens (including phenoxy) is 1. The molecule has 1 aliphatic heterocycles. The molecular weight excluding hydrogens is 324 g/mol. The van der Waals surface area contributed by atoms with Crippen molar-refractivity contribution < 1.29 is 14.6 Å². The normalized spacial score (nSPS) is 12.4. The number of carboxylic acids is 1. The lowest BCUT2D eigenvalue weighted by Gasteiger charge is -2.18. The van der Waals surface area contributed by atoms with E-state index < -0.39 is 5.97 Å². The van der Waals surface area contributed by atoms with E-state index in [1.165, 1.54) is 0 Å². The van der Waals surface area contributed by atoms with Gasteiger partial charge in [0.1, 0.15) is 5.75 Å². The molecule has 120 valence electrons. The van der Waals surface area contributed by atoms with Gasteiger partial charge in [-0.25, -0.2) is 9.48 Å². The van der Waals surface area contributed by atoms with Crippen molar-refractivity contribution in [3.63, 3.8) is 0 Å². The molecule has 0 aliphatic carbocycles. The van der Waals surface area contributed by atoms with Crippen LogP contribution in [-0.4, -0.2) is 28.0 Å². The van der Waals surface area contributed by atoms with Crippen molar-refractivity contribution in [3.8, 4) is 22.7 Å². The van der Waals surface area contributed by atoms with Gasteiger partial charge in [-0.2, -0.15) is 5.10 Å². The molecule has 0 amide bonds. The van der Waals surface area contributed by atoms with Gasteiger partial charge < -0.3 is 9.84 Å². The first-order chi connectivity index (χ1) is 11.7. The third-order valence-electron chi connectivity index (χ3n) is 4.00. The lowest BCUT2D eigenvalue weighted by atomic mass is 10.1. The maximum atomic E-state index is 11.6. The van der Waals surface area contributed by atoms with Crippen LogP contribution in [0.5, 0.6) is 5.75 Å². The van der Waals surface area contributed by atoms with Crippen LogP contribution >= 0.6 is 11.8 Å². The average Bonchev–Trinajstić information content (AvgIpc) is 3.02. The smallest absolute Gasteiger partial charge is 0.356 e. The van der Waals surface area contributed by atoms with Crippen molar-refractivity contribution in [2.24, 2.45) is 0 Å². The summed E-state index contributed by atoms with van der Waals surface area (Å²) in [5, 5.41) is 13.9. The topological polar surface area (TPSA) is 64.4 Å². The number of fused-ring (bicyclic) bond motifs is 3. The highest BCUT2D eigenvalue weighted by Gasteiger charge is 2.29. The summed E-state index contributed by atoms with van der Waals surface area (Å²) in [5.74, 6) is 0.290. The van der Waals surface area contributed by atoms with Crippen molar-refractivity contribution >= 4 is 17.7 Å². The van der Waals surface area contributed by atoms with Crippen molar-refractivity contribution in [1.29, 1.82) is 0 Å². The number of nitrogens with zero attached hydrogens (tertiary/aromatic N) is 2. The second kappa shape index (κ2) is 5.72. The van der Waals surface area contributed by atoms with Crippen LogP contribution in [0.4, 0.5) is 0 Å². The molecule has 24 heavy (non-hydrogen) atoms. The zero-order valence-electron chi connectivity index (χ0n) is 12.9. The molecule has 2 aromatic carbocycles. The van der Waals surface area contributed by atoms with E-state index in [-0.39, 0.29) is 5.69 Å². The maximum absolute atomic E-state index is 11.6. The minimum absolute atomic E-state index is 0.106. The quantitative estimate of drug-likeness (QED) is 0.786. The first-order valence-corrected chi connectivity index (χ1v) is 8.39. The number of benzene rings is 2. The first kappa shape index (κ1) is 14.8. The summed E-state index contributed by atoms with van der Waals surface area (Å²) < 4.78 is 6.99. The van der Waals surface area contributed by atoms with E-state index in [9.17, 15) is 9.90 Å². The molecule has 4 rings (SSSR count). The minimum atomic E-state index is -1.01. The third kappa shape index (κ3) is 2.27. The molecule has 0 spiro atoms. The van der Waals surface area contributed by atoms with Crippen LogP contribution < -0.4 is 4.74 Å². The summed E-state index contributed by atoms with van der Waals surface area (Å²) in [6.07, 6.45) is 0. The van der Waals surface area contributed by atoms with E-state index in [0.717, 1.165) is 27.4 Å². The summed E-state index contributed by atoms with van der Waals surface area (Å²) in [4.78, 5) is 12.8. The number of rotatable bonds is 3. The van der Waals surface area contributed by atoms with Gasteiger partial charge in [0, 0.05) is 27.8 Å². The Labute approximate surface area is 142 Å². The van der Waals surface area contributed by atoms with Crippen molar-refractivity contribution in [2.45, 2.75) is 10.6 Å². The molecule has 1 aromatic heterocycles. The fourth-order valence-corrected chi connectivity index (χ4v) is 3.97. The molecule has 0 radical (unpaired) electrons. The lowest BCUT2D eigenvalue weighted by Crippen LogP contribution is -2.03. The van der Waals surface area contributed by atoms with Crippen LogP contribution in [0.15, 0.2) is 53.4 Å². The van der Waals surface area contributed by atoms with Gasteiger partial charge >= 0.3 is 5.97 Å².